The lowest BCUT2D eigenvalue weighted by Crippen LogP contribution is -2.23. The monoisotopic (exact) mass is 276 g/mol. The molecular weight excluding hydrogens is 252 g/mol. The van der Waals surface area contributed by atoms with Crippen molar-refractivity contribution in [2.45, 2.75) is 26.2 Å². The summed E-state index contributed by atoms with van der Waals surface area (Å²) in [6.45, 7) is 4.28. The highest BCUT2D eigenvalue weighted by Crippen LogP contribution is 2.06. The van der Waals surface area contributed by atoms with Crippen LogP contribution in [0.2, 0.25) is 0 Å². The normalized spacial score (nSPS) is 10.8. The van der Waals surface area contributed by atoms with Crippen molar-refractivity contribution in [1.82, 2.24) is 5.32 Å². The molecule has 0 aliphatic rings. The fourth-order valence-electron chi connectivity index (χ4n) is 1.57. The summed E-state index contributed by atoms with van der Waals surface area (Å²) >= 11 is 0. The van der Waals surface area contributed by atoms with Crippen molar-refractivity contribution in [1.29, 1.82) is 0 Å². The van der Waals surface area contributed by atoms with Crippen molar-refractivity contribution < 1.29 is 9.53 Å². The minimum absolute atomic E-state index is 0.0876. The number of nitrogens with one attached hydrogen (secondary N) is 1. The van der Waals surface area contributed by atoms with Gasteiger partial charge in [-0.2, -0.15) is 0 Å². The molecule has 0 fully saturated rings. The summed E-state index contributed by atoms with van der Waals surface area (Å²) in [7, 11) is 0. The molecule has 0 spiro atoms. The molecule has 20 heavy (non-hydrogen) atoms. The Bertz CT molecular complexity index is 413. The van der Waals surface area contributed by atoms with E-state index in [0.29, 0.717) is 13.2 Å². The molecule has 0 atom stereocenters. The number of amides is 1. The number of nitrogen functional groups attached to an aromatic ring is 1. The number of carbonyl (C=O) groups is 1. The van der Waals surface area contributed by atoms with Gasteiger partial charge in [-0.1, -0.05) is 25.5 Å². The van der Waals surface area contributed by atoms with E-state index in [4.69, 9.17) is 10.5 Å². The first-order chi connectivity index (χ1) is 9.72. The number of carbonyl (C=O) groups excluding carboxylic acids is 1. The molecule has 1 aromatic rings. The SMILES string of the molecule is CCCCOCCCNC(=O)/C=C/c1ccc(N)cc1. The third-order valence-corrected chi connectivity index (χ3v) is 2.77. The first-order valence-electron chi connectivity index (χ1n) is 7.11. The van der Waals surface area contributed by atoms with Crippen LogP contribution in [0.1, 0.15) is 31.7 Å². The van der Waals surface area contributed by atoms with Gasteiger partial charge in [-0.3, -0.25) is 4.79 Å². The summed E-state index contributed by atoms with van der Waals surface area (Å²) in [5.41, 5.74) is 7.27. The molecule has 1 amide bonds. The first-order valence-corrected chi connectivity index (χ1v) is 7.11. The molecule has 0 saturated heterocycles. The molecule has 0 heterocycles. The summed E-state index contributed by atoms with van der Waals surface area (Å²) in [4.78, 5) is 11.6. The lowest BCUT2D eigenvalue weighted by Gasteiger charge is -2.04. The molecule has 0 aromatic heterocycles. The van der Waals surface area contributed by atoms with Gasteiger partial charge in [-0.25, -0.2) is 0 Å². The highest BCUT2D eigenvalue weighted by atomic mass is 16.5. The van der Waals surface area contributed by atoms with Gasteiger partial charge in [-0.05, 0) is 36.6 Å². The highest BCUT2D eigenvalue weighted by molar-refractivity contribution is 5.91. The molecule has 0 bridgehead atoms. The Labute approximate surface area is 121 Å². The molecule has 0 aliphatic heterocycles. The van der Waals surface area contributed by atoms with Crippen LogP contribution in [0, 0.1) is 0 Å². The number of ether oxygens (including phenoxy) is 1. The second kappa shape index (κ2) is 10.0. The maximum absolute atomic E-state index is 11.6. The number of unbranched alkanes of at least 4 members (excludes halogenated alkanes) is 1. The molecule has 4 heteroatoms. The third kappa shape index (κ3) is 7.59. The second-order valence-electron chi connectivity index (χ2n) is 4.61. The van der Waals surface area contributed by atoms with Gasteiger partial charge < -0.3 is 15.8 Å². The smallest absolute Gasteiger partial charge is 0.244 e. The zero-order valence-electron chi connectivity index (χ0n) is 12.1. The fraction of sp³-hybridized carbons (Fsp3) is 0.438. The van der Waals surface area contributed by atoms with Crippen LogP contribution in [-0.4, -0.2) is 25.7 Å². The van der Waals surface area contributed by atoms with Crippen LogP contribution in [0.5, 0.6) is 0 Å². The topological polar surface area (TPSA) is 64.3 Å². The number of anilines is 1. The predicted octanol–water partition coefficient (Wildman–Crippen LogP) is 2.61. The Morgan fingerprint density at radius 1 is 1.25 bits per heavy atom. The average Bonchev–Trinajstić information content (AvgIpc) is 2.46. The van der Waals surface area contributed by atoms with E-state index in [1.807, 2.05) is 24.3 Å². The van der Waals surface area contributed by atoms with Crippen LogP contribution < -0.4 is 11.1 Å². The zero-order chi connectivity index (χ0) is 14.6. The summed E-state index contributed by atoms with van der Waals surface area (Å²) in [6, 6.07) is 7.37. The van der Waals surface area contributed by atoms with Crippen LogP contribution in [0.25, 0.3) is 6.08 Å². The van der Waals surface area contributed by atoms with Crippen molar-refractivity contribution in [3.63, 3.8) is 0 Å². The number of hydrogen-bond acceptors (Lipinski definition) is 3. The highest BCUT2D eigenvalue weighted by Gasteiger charge is 1.95. The lowest BCUT2D eigenvalue weighted by atomic mass is 10.2. The molecule has 1 rings (SSSR count). The summed E-state index contributed by atoms with van der Waals surface area (Å²) in [5.74, 6) is -0.0876. The standard InChI is InChI=1S/C16H24N2O2/c1-2-3-12-20-13-4-11-18-16(19)10-7-14-5-8-15(17)9-6-14/h5-10H,2-4,11-13,17H2,1H3,(H,18,19)/b10-7+. The lowest BCUT2D eigenvalue weighted by molar-refractivity contribution is -0.116. The number of hydrogen-bond donors (Lipinski definition) is 2. The number of rotatable bonds is 9. The molecule has 4 nitrogen and oxygen atoms in total. The van der Waals surface area contributed by atoms with Crippen LogP contribution in [0.3, 0.4) is 0 Å². The van der Waals surface area contributed by atoms with Crippen LogP contribution in [0.15, 0.2) is 30.3 Å². The maximum Gasteiger partial charge on any atom is 0.244 e. The maximum atomic E-state index is 11.6. The minimum atomic E-state index is -0.0876. The molecule has 0 aliphatic carbocycles. The van der Waals surface area contributed by atoms with E-state index in [1.54, 1.807) is 6.08 Å². The third-order valence-electron chi connectivity index (χ3n) is 2.77. The van der Waals surface area contributed by atoms with Crippen molar-refractivity contribution in [3.05, 3.63) is 35.9 Å². The van der Waals surface area contributed by atoms with Crippen molar-refractivity contribution in [2.75, 3.05) is 25.5 Å². The van der Waals surface area contributed by atoms with Gasteiger partial charge in [0, 0.05) is 31.5 Å². The van der Waals surface area contributed by atoms with Gasteiger partial charge in [0.25, 0.3) is 0 Å². The van der Waals surface area contributed by atoms with Gasteiger partial charge in [0.15, 0.2) is 0 Å². The van der Waals surface area contributed by atoms with Gasteiger partial charge >= 0.3 is 0 Å². The van der Waals surface area contributed by atoms with E-state index in [2.05, 4.69) is 12.2 Å². The summed E-state index contributed by atoms with van der Waals surface area (Å²) < 4.78 is 5.42. The quantitative estimate of drug-likeness (QED) is 0.414. The minimum Gasteiger partial charge on any atom is -0.399 e. The molecule has 1 aromatic carbocycles. The zero-order valence-corrected chi connectivity index (χ0v) is 12.1. The van der Waals surface area contributed by atoms with Crippen LogP contribution >= 0.6 is 0 Å². The Kier molecular flexibility index (Phi) is 8.15. The Hall–Kier alpha value is -1.81. The molecular formula is C16H24N2O2. The number of benzene rings is 1. The summed E-state index contributed by atoms with van der Waals surface area (Å²) in [5, 5.41) is 2.82. The average molecular weight is 276 g/mol. The van der Waals surface area contributed by atoms with E-state index >= 15 is 0 Å². The molecule has 3 N–H and O–H groups in total. The molecule has 110 valence electrons. The fourth-order valence-corrected chi connectivity index (χ4v) is 1.57. The second-order valence-corrected chi connectivity index (χ2v) is 4.61. The van der Waals surface area contributed by atoms with E-state index < -0.39 is 0 Å². The van der Waals surface area contributed by atoms with Gasteiger partial charge in [-0.15, -0.1) is 0 Å². The van der Waals surface area contributed by atoms with E-state index in [0.717, 1.165) is 37.1 Å². The van der Waals surface area contributed by atoms with E-state index in [1.165, 1.54) is 6.08 Å². The van der Waals surface area contributed by atoms with Crippen molar-refractivity contribution in [2.24, 2.45) is 0 Å². The molecule has 0 radical (unpaired) electrons. The molecule has 0 unspecified atom stereocenters. The van der Waals surface area contributed by atoms with Gasteiger partial charge in [0.1, 0.15) is 0 Å². The largest absolute Gasteiger partial charge is 0.399 e. The Morgan fingerprint density at radius 2 is 1.95 bits per heavy atom. The van der Waals surface area contributed by atoms with Crippen molar-refractivity contribution in [3.8, 4) is 0 Å². The van der Waals surface area contributed by atoms with E-state index in [9.17, 15) is 4.79 Å². The van der Waals surface area contributed by atoms with Gasteiger partial charge in [0.2, 0.25) is 5.91 Å². The van der Waals surface area contributed by atoms with Crippen molar-refractivity contribution >= 4 is 17.7 Å². The predicted molar refractivity (Wildman–Crippen MR) is 83.2 cm³/mol. The Balaban J connectivity index is 2.12. The number of nitrogens with two attached hydrogens (primary N) is 1. The van der Waals surface area contributed by atoms with Crippen LogP contribution in [0.4, 0.5) is 5.69 Å². The first kappa shape index (κ1) is 16.2. The van der Waals surface area contributed by atoms with Gasteiger partial charge in [0.05, 0.1) is 0 Å². The molecule has 0 saturated carbocycles. The van der Waals surface area contributed by atoms with Crippen LogP contribution in [-0.2, 0) is 9.53 Å². The Morgan fingerprint density at radius 3 is 2.65 bits per heavy atom. The van der Waals surface area contributed by atoms with E-state index in [-0.39, 0.29) is 5.91 Å². The summed E-state index contributed by atoms with van der Waals surface area (Å²) in [6.07, 6.45) is 6.38.